The number of aromatic amines is 1. The summed E-state index contributed by atoms with van der Waals surface area (Å²) in [5.74, 6) is 0. The fraction of sp³-hybridized carbons (Fsp3) is 0.533. The summed E-state index contributed by atoms with van der Waals surface area (Å²) in [6.07, 6.45) is 14.8. The number of H-pyrrole nitrogens is 1. The van der Waals surface area contributed by atoms with Crippen molar-refractivity contribution in [1.29, 1.82) is 0 Å². The van der Waals surface area contributed by atoms with Crippen LogP contribution in [0, 0.1) is 0 Å². The number of hydrogen-bond acceptors (Lipinski definition) is 0. The molecular formula is C15H22N+. The first-order chi connectivity index (χ1) is 7.95. The number of allylic oxidation sites excluding steroid dienone is 2. The van der Waals surface area contributed by atoms with Crippen molar-refractivity contribution in [2.24, 2.45) is 0 Å². The van der Waals surface area contributed by atoms with Crippen LogP contribution in [0.5, 0.6) is 0 Å². The van der Waals surface area contributed by atoms with E-state index in [4.69, 9.17) is 0 Å². The minimum absolute atomic E-state index is 1.20. The Balaban J connectivity index is 2.00. The lowest BCUT2D eigenvalue weighted by Crippen LogP contribution is -2.16. The molecule has 1 N–H and O–H groups in total. The maximum absolute atomic E-state index is 3.56. The van der Waals surface area contributed by atoms with Crippen molar-refractivity contribution in [3.05, 3.63) is 41.7 Å². The fourth-order valence-corrected chi connectivity index (χ4v) is 2.25. The molecule has 0 saturated carbocycles. The molecule has 0 atom stereocenters. The molecule has 0 amide bonds. The Morgan fingerprint density at radius 1 is 0.750 bits per heavy atom. The van der Waals surface area contributed by atoms with Gasteiger partial charge in [0.15, 0.2) is 11.4 Å². The van der Waals surface area contributed by atoms with Crippen molar-refractivity contribution in [2.45, 2.75) is 51.4 Å². The molecule has 0 saturated heterocycles. The molecule has 1 nitrogen and oxygen atoms in total. The second-order valence-electron chi connectivity index (χ2n) is 4.66. The summed E-state index contributed by atoms with van der Waals surface area (Å²) in [7, 11) is 0. The van der Waals surface area contributed by atoms with E-state index < -0.39 is 0 Å². The number of rotatable bonds is 0. The second-order valence-corrected chi connectivity index (χ2v) is 4.66. The van der Waals surface area contributed by atoms with E-state index in [2.05, 4.69) is 35.3 Å². The van der Waals surface area contributed by atoms with Gasteiger partial charge in [-0.25, -0.2) is 4.98 Å². The quantitative estimate of drug-likeness (QED) is 0.589. The second kappa shape index (κ2) is 6.47. The average molecular weight is 216 g/mol. The van der Waals surface area contributed by atoms with Gasteiger partial charge in [0.1, 0.15) is 0 Å². The van der Waals surface area contributed by atoms with Crippen molar-refractivity contribution in [2.75, 3.05) is 0 Å². The Hall–Kier alpha value is -1.11. The lowest BCUT2D eigenvalue weighted by atomic mass is 10.1. The van der Waals surface area contributed by atoms with E-state index in [0.717, 1.165) is 0 Å². The lowest BCUT2D eigenvalue weighted by Gasteiger charge is -1.97. The molecule has 0 radical (unpaired) electrons. The van der Waals surface area contributed by atoms with Gasteiger partial charge in [0.05, 0.1) is 0 Å². The zero-order valence-corrected chi connectivity index (χ0v) is 10.0. The van der Waals surface area contributed by atoms with E-state index in [0.29, 0.717) is 0 Å². The Bertz CT molecular complexity index is 312. The van der Waals surface area contributed by atoms with Gasteiger partial charge in [-0.1, -0.05) is 12.2 Å². The number of fused-ring (bicyclic) bond motifs is 2. The van der Waals surface area contributed by atoms with E-state index in [1.54, 1.807) is 0 Å². The molecule has 0 spiro atoms. The third-order valence-electron chi connectivity index (χ3n) is 3.22. The van der Waals surface area contributed by atoms with Crippen LogP contribution in [-0.4, -0.2) is 0 Å². The SMILES string of the molecule is C1=C\CCCCc2cccc([nH+]2)CCCC/1. The summed E-state index contributed by atoms with van der Waals surface area (Å²) in [6, 6.07) is 6.64. The minimum Gasteiger partial charge on any atom is -0.213 e. The van der Waals surface area contributed by atoms with Crippen LogP contribution in [0.3, 0.4) is 0 Å². The van der Waals surface area contributed by atoms with Crippen molar-refractivity contribution < 1.29 is 4.98 Å². The molecule has 2 bridgehead atoms. The van der Waals surface area contributed by atoms with E-state index in [1.165, 1.54) is 62.8 Å². The van der Waals surface area contributed by atoms with Crippen molar-refractivity contribution >= 4 is 0 Å². The molecule has 0 aromatic carbocycles. The van der Waals surface area contributed by atoms with Crippen LogP contribution < -0.4 is 4.98 Å². The Kier molecular flexibility index (Phi) is 4.60. The van der Waals surface area contributed by atoms with Gasteiger partial charge in [0, 0.05) is 25.0 Å². The Morgan fingerprint density at radius 3 is 1.88 bits per heavy atom. The Morgan fingerprint density at radius 2 is 1.31 bits per heavy atom. The molecular weight excluding hydrogens is 194 g/mol. The van der Waals surface area contributed by atoms with Gasteiger partial charge < -0.3 is 0 Å². The summed E-state index contributed by atoms with van der Waals surface area (Å²) in [6.45, 7) is 0. The predicted octanol–water partition coefficient (Wildman–Crippen LogP) is 3.50. The molecule has 86 valence electrons. The molecule has 0 unspecified atom stereocenters. The third-order valence-corrected chi connectivity index (χ3v) is 3.22. The molecule has 0 aliphatic carbocycles. The average Bonchev–Trinajstić information content (AvgIpc) is 2.32. The summed E-state index contributed by atoms with van der Waals surface area (Å²) >= 11 is 0. The highest BCUT2D eigenvalue weighted by Gasteiger charge is 2.05. The van der Waals surface area contributed by atoms with Crippen LogP contribution in [0.2, 0.25) is 0 Å². The smallest absolute Gasteiger partial charge is 0.179 e. The first-order valence-electron chi connectivity index (χ1n) is 6.60. The first-order valence-corrected chi connectivity index (χ1v) is 6.60. The van der Waals surface area contributed by atoms with Crippen LogP contribution in [-0.2, 0) is 12.8 Å². The predicted molar refractivity (Wildman–Crippen MR) is 67.2 cm³/mol. The van der Waals surface area contributed by atoms with Gasteiger partial charge in [0.25, 0.3) is 0 Å². The van der Waals surface area contributed by atoms with E-state index in [1.807, 2.05) is 0 Å². The monoisotopic (exact) mass is 216 g/mol. The van der Waals surface area contributed by atoms with Gasteiger partial charge in [-0.05, 0) is 44.6 Å². The maximum atomic E-state index is 3.56. The van der Waals surface area contributed by atoms with Crippen LogP contribution in [0.25, 0.3) is 0 Å². The molecule has 1 heteroatoms. The zero-order chi connectivity index (χ0) is 11.1. The van der Waals surface area contributed by atoms with Crippen LogP contribution in [0.4, 0.5) is 0 Å². The van der Waals surface area contributed by atoms with Crippen molar-refractivity contribution in [3.8, 4) is 0 Å². The standard InChI is InChI=1S/C15H21N/c1-2-4-6-8-11-15-13-9-12-14(16-15)10-7-5-3-1/h1-2,9,12-13H,3-8,10-11H2/p+1/b2-1-. The molecule has 2 rings (SSSR count). The van der Waals surface area contributed by atoms with Gasteiger partial charge in [0.2, 0.25) is 0 Å². The minimum atomic E-state index is 1.20. The van der Waals surface area contributed by atoms with Crippen LogP contribution in [0.15, 0.2) is 30.4 Å². The number of aromatic nitrogens is 1. The zero-order valence-electron chi connectivity index (χ0n) is 10.0. The number of nitrogens with one attached hydrogen (secondary N) is 1. The summed E-state index contributed by atoms with van der Waals surface area (Å²) in [5, 5.41) is 0. The molecule has 0 fully saturated rings. The first kappa shape index (κ1) is 11.4. The Labute approximate surface area is 98.6 Å². The largest absolute Gasteiger partial charge is 0.213 e. The lowest BCUT2D eigenvalue weighted by molar-refractivity contribution is -0.402. The van der Waals surface area contributed by atoms with Gasteiger partial charge in [-0.2, -0.15) is 0 Å². The van der Waals surface area contributed by atoms with E-state index in [-0.39, 0.29) is 0 Å². The number of hydrogen-bond donors (Lipinski definition) is 0. The highest BCUT2D eigenvalue weighted by Crippen LogP contribution is 2.08. The fourth-order valence-electron chi connectivity index (χ4n) is 2.25. The summed E-state index contributed by atoms with van der Waals surface area (Å²) < 4.78 is 0. The van der Waals surface area contributed by atoms with Crippen molar-refractivity contribution in [3.63, 3.8) is 0 Å². The molecule has 2 heterocycles. The normalized spacial score (nSPS) is 20.2. The number of aryl methyl sites for hydroxylation is 2. The molecule has 1 aromatic rings. The van der Waals surface area contributed by atoms with Gasteiger partial charge >= 0.3 is 0 Å². The van der Waals surface area contributed by atoms with Gasteiger partial charge in [-0.3, -0.25) is 0 Å². The third kappa shape index (κ3) is 3.80. The highest BCUT2D eigenvalue weighted by atomic mass is 14.7. The molecule has 1 aliphatic heterocycles. The maximum Gasteiger partial charge on any atom is 0.179 e. The van der Waals surface area contributed by atoms with Gasteiger partial charge in [-0.15, -0.1) is 0 Å². The van der Waals surface area contributed by atoms with Crippen molar-refractivity contribution in [1.82, 2.24) is 0 Å². The van der Waals surface area contributed by atoms with E-state index in [9.17, 15) is 0 Å². The summed E-state index contributed by atoms with van der Waals surface area (Å²) in [5.41, 5.74) is 2.81. The topological polar surface area (TPSA) is 14.1 Å². The van der Waals surface area contributed by atoms with E-state index >= 15 is 0 Å². The van der Waals surface area contributed by atoms with Crippen LogP contribution in [0.1, 0.15) is 49.9 Å². The summed E-state index contributed by atoms with van der Waals surface area (Å²) in [4.78, 5) is 3.56. The molecule has 1 aliphatic rings. The number of pyridine rings is 1. The molecule has 1 aromatic heterocycles. The highest BCUT2D eigenvalue weighted by molar-refractivity contribution is 5.03. The van der Waals surface area contributed by atoms with Crippen LogP contribution >= 0.6 is 0 Å². The molecule has 16 heavy (non-hydrogen) atoms.